The number of nitrogens with one attached hydrogen (secondary N) is 1. The van der Waals surface area contributed by atoms with E-state index in [1.54, 1.807) is 24.6 Å². The molecule has 0 bridgehead atoms. The van der Waals surface area contributed by atoms with Crippen LogP contribution in [0.3, 0.4) is 0 Å². The van der Waals surface area contributed by atoms with Crippen LogP contribution in [0.1, 0.15) is 18.1 Å². The zero-order valence-corrected chi connectivity index (χ0v) is 18.2. The molecular formula is C22H19ClN4O3S. The number of hydrogen-bond donors (Lipinski definition) is 1. The highest BCUT2D eigenvalue weighted by molar-refractivity contribution is 7.71. The van der Waals surface area contributed by atoms with Crippen molar-refractivity contribution in [1.82, 2.24) is 14.9 Å². The predicted molar refractivity (Wildman–Crippen MR) is 122 cm³/mol. The third-order valence-corrected chi connectivity index (χ3v) is 4.96. The van der Waals surface area contributed by atoms with E-state index in [2.05, 4.69) is 15.3 Å². The first-order valence-electron chi connectivity index (χ1n) is 9.54. The monoisotopic (exact) mass is 454 g/mol. The van der Waals surface area contributed by atoms with Crippen molar-refractivity contribution in [3.8, 4) is 23.1 Å². The maximum atomic E-state index is 6.22. The smallest absolute Gasteiger partial charge is 0.219 e. The standard InChI is InChI=1S/C22H19ClN4O3S/c1-2-28-20-12-15(9-10-18(20)30-14-16-6-3-4-7-17(16)23)13-24-27-21(25-26-22(27)31)19-8-5-11-29-19/h3-13H,2,14H2,1H3,(H,26,31)/b24-13-. The molecule has 0 atom stereocenters. The van der Waals surface area contributed by atoms with E-state index >= 15 is 0 Å². The van der Waals surface area contributed by atoms with E-state index in [1.165, 1.54) is 4.68 Å². The van der Waals surface area contributed by atoms with Crippen LogP contribution in [0.4, 0.5) is 0 Å². The summed E-state index contributed by atoms with van der Waals surface area (Å²) in [6.45, 7) is 2.75. The van der Waals surface area contributed by atoms with Gasteiger partial charge in [0.05, 0.1) is 19.1 Å². The van der Waals surface area contributed by atoms with Gasteiger partial charge in [-0.05, 0) is 61.1 Å². The second-order valence-electron chi connectivity index (χ2n) is 6.41. The van der Waals surface area contributed by atoms with Gasteiger partial charge in [0, 0.05) is 10.6 Å². The van der Waals surface area contributed by atoms with Gasteiger partial charge in [0.25, 0.3) is 0 Å². The van der Waals surface area contributed by atoms with Crippen molar-refractivity contribution >= 4 is 30.0 Å². The molecule has 0 aliphatic heterocycles. The molecule has 0 saturated carbocycles. The summed E-state index contributed by atoms with van der Waals surface area (Å²) in [6.07, 6.45) is 3.23. The Labute approximate surface area is 188 Å². The van der Waals surface area contributed by atoms with Gasteiger partial charge in [-0.1, -0.05) is 29.8 Å². The lowest BCUT2D eigenvalue weighted by Crippen LogP contribution is -2.01. The minimum Gasteiger partial charge on any atom is -0.490 e. The largest absolute Gasteiger partial charge is 0.490 e. The quantitative estimate of drug-likeness (QED) is 0.272. The highest BCUT2D eigenvalue weighted by Crippen LogP contribution is 2.30. The maximum absolute atomic E-state index is 6.22. The van der Waals surface area contributed by atoms with Gasteiger partial charge in [0.2, 0.25) is 10.6 Å². The number of hydrogen-bond acceptors (Lipinski definition) is 6. The summed E-state index contributed by atoms with van der Waals surface area (Å²) in [5.74, 6) is 2.27. The second-order valence-corrected chi connectivity index (χ2v) is 7.20. The van der Waals surface area contributed by atoms with Crippen LogP contribution in [0.15, 0.2) is 70.4 Å². The van der Waals surface area contributed by atoms with Crippen LogP contribution in [-0.2, 0) is 6.61 Å². The molecule has 0 aliphatic rings. The number of rotatable bonds is 8. The van der Waals surface area contributed by atoms with Crippen LogP contribution >= 0.6 is 23.8 Å². The number of ether oxygens (including phenoxy) is 2. The lowest BCUT2D eigenvalue weighted by Gasteiger charge is -2.13. The van der Waals surface area contributed by atoms with Crippen LogP contribution in [0.5, 0.6) is 11.5 Å². The Kier molecular flexibility index (Phi) is 6.49. The molecular weight excluding hydrogens is 436 g/mol. The summed E-state index contributed by atoms with van der Waals surface area (Å²) in [5, 5.41) is 12.0. The number of benzene rings is 2. The Balaban J connectivity index is 1.56. The van der Waals surface area contributed by atoms with Gasteiger partial charge >= 0.3 is 0 Å². The van der Waals surface area contributed by atoms with E-state index in [1.807, 2.05) is 49.4 Å². The molecule has 2 aromatic carbocycles. The molecule has 158 valence electrons. The first-order valence-corrected chi connectivity index (χ1v) is 10.3. The normalized spacial score (nSPS) is 11.2. The molecule has 1 N–H and O–H groups in total. The van der Waals surface area contributed by atoms with E-state index in [-0.39, 0.29) is 0 Å². The molecule has 31 heavy (non-hydrogen) atoms. The molecule has 4 rings (SSSR count). The number of furan rings is 1. The van der Waals surface area contributed by atoms with Gasteiger partial charge in [-0.15, -0.1) is 5.10 Å². The first-order chi connectivity index (χ1) is 15.2. The summed E-state index contributed by atoms with van der Waals surface area (Å²) >= 11 is 11.5. The Hall–Kier alpha value is -3.36. The lowest BCUT2D eigenvalue weighted by atomic mass is 10.2. The molecule has 0 amide bonds. The number of nitrogens with zero attached hydrogens (tertiary/aromatic N) is 3. The summed E-state index contributed by atoms with van der Waals surface area (Å²) in [6, 6.07) is 16.7. The van der Waals surface area contributed by atoms with Crippen LogP contribution in [0, 0.1) is 4.77 Å². The third-order valence-electron chi connectivity index (χ3n) is 4.32. The number of aromatic amines is 1. The summed E-state index contributed by atoms with van der Waals surface area (Å²) in [4.78, 5) is 0. The SMILES string of the molecule is CCOc1cc(/C=N\n2c(-c3ccco3)n[nH]c2=S)ccc1OCc1ccccc1Cl. The van der Waals surface area contributed by atoms with Gasteiger partial charge in [-0.25, -0.2) is 5.10 Å². The topological polar surface area (TPSA) is 77.6 Å². The van der Waals surface area contributed by atoms with Gasteiger partial charge < -0.3 is 13.9 Å². The molecule has 0 radical (unpaired) electrons. The Bertz CT molecular complexity index is 1250. The molecule has 2 aromatic heterocycles. The van der Waals surface area contributed by atoms with Crippen molar-refractivity contribution in [2.75, 3.05) is 6.61 Å². The minimum absolute atomic E-state index is 0.337. The van der Waals surface area contributed by atoms with E-state index in [0.29, 0.717) is 46.1 Å². The molecule has 0 unspecified atom stereocenters. The molecule has 7 nitrogen and oxygen atoms in total. The minimum atomic E-state index is 0.337. The summed E-state index contributed by atoms with van der Waals surface area (Å²) in [7, 11) is 0. The van der Waals surface area contributed by atoms with Crippen molar-refractivity contribution in [3.63, 3.8) is 0 Å². The molecule has 4 aromatic rings. The van der Waals surface area contributed by atoms with Crippen LogP contribution in [0.2, 0.25) is 5.02 Å². The Morgan fingerprint density at radius 3 is 2.81 bits per heavy atom. The molecule has 0 saturated heterocycles. The predicted octanol–water partition coefficient (Wildman–Crippen LogP) is 5.71. The zero-order chi connectivity index (χ0) is 21.6. The first kappa shape index (κ1) is 20.9. The average molecular weight is 455 g/mol. The number of aromatic nitrogens is 3. The fraction of sp³-hybridized carbons (Fsp3) is 0.136. The Morgan fingerprint density at radius 1 is 1.16 bits per heavy atom. The van der Waals surface area contributed by atoms with Crippen LogP contribution < -0.4 is 9.47 Å². The summed E-state index contributed by atoms with van der Waals surface area (Å²) in [5.41, 5.74) is 1.71. The lowest BCUT2D eigenvalue weighted by molar-refractivity contribution is 0.269. The molecule has 0 fully saturated rings. The van der Waals surface area contributed by atoms with Gasteiger partial charge in [-0.2, -0.15) is 9.78 Å². The van der Waals surface area contributed by atoms with Crippen LogP contribution in [-0.4, -0.2) is 27.7 Å². The van der Waals surface area contributed by atoms with Crippen molar-refractivity contribution in [2.45, 2.75) is 13.5 Å². The Morgan fingerprint density at radius 2 is 2.03 bits per heavy atom. The van der Waals surface area contributed by atoms with Crippen LogP contribution in [0.25, 0.3) is 11.6 Å². The van der Waals surface area contributed by atoms with Crippen molar-refractivity contribution < 1.29 is 13.9 Å². The van der Waals surface area contributed by atoms with Crippen molar-refractivity contribution in [2.24, 2.45) is 5.10 Å². The van der Waals surface area contributed by atoms with Gasteiger partial charge in [0.1, 0.15) is 6.61 Å². The second kappa shape index (κ2) is 9.63. The number of H-pyrrole nitrogens is 1. The average Bonchev–Trinajstić information content (AvgIpc) is 3.42. The molecule has 0 aliphatic carbocycles. The number of halogens is 1. The molecule has 2 heterocycles. The third kappa shape index (κ3) is 4.87. The fourth-order valence-electron chi connectivity index (χ4n) is 2.85. The molecule has 9 heteroatoms. The van der Waals surface area contributed by atoms with E-state index in [4.69, 9.17) is 37.7 Å². The van der Waals surface area contributed by atoms with E-state index < -0.39 is 0 Å². The van der Waals surface area contributed by atoms with Crippen molar-refractivity contribution in [3.05, 3.63) is 81.8 Å². The zero-order valence-electron chi connectivity index (χ0n) is 16.6. The molecule has 0 spiro atoms. The maximum Gasteiger partial charge on any atom is 0.219 e. The summed E-state index contributed by atoms with van der Waals surface area (Å²) < 4.78 is 19.0. The van der Waals surface area contributed by atoms with E-state index in [9.17, 15) is 0 Å². The van der Waals surface area contributed by atoms with Gasteiger partial charge in [-0.3, -0.25) is 0 Å². The highest BCUT2D eigenvalue weighted by Gasteiger charge is 2.11. The fourth-order valence-corrected chi connectivity index (χ4v) is 3.22. The highest BCUT2D eigenvalue weighted by atomic mass is 35.5. The van der Waals surface area contributed by atoms with Crippen molar-refractivity contribution in [1.29, 1.82) is 0 Å². The van der Waals surface area contributed by atoms with E-state index in [0.717, 1.165) is 11.1 Å². The van der Waals surface area contributed by atoms with Gasteiger partial charge in [0.15, 0.2) is 17.3 Å².